The summed E-state index contributed by atoms with van der Waals surface area (Å²) < 4.78 is 0. The lowest BCUT2D eigenvalue weighted by Crippen LogP contribution is -2.38. The zero-order valence-electron chi connectivity index (χ0n) is 10.6. The molecular weight excluding hydrogens is 306 g/mol. The second-order valence-corrected chi connectivity index (χ2v) is 7.18. The Balaban J connectivity index is 1.64. The van der Waals surface area contributed by atoms with Crippen LogP contribution in [0.3, 0.4) is 0 Å². The van der Waals surface area contributed by atoms with Gasteiger partial charge in [-0.15, -0.1) is 11.8 Å². The van der Waals surface area contributed by atoms with Gasteiger partial charge in [-0.3, -0.25) is 0 Å². The molecule has 3 rings (SSSR count). The van der Waals surface area contributed by atoms with Gasteiger partial charge in [-0.1, -0.05) is 34.1 Å². The van der Waals surface area contributed by atoms with E-state index in [1.165, 1.54) is 48.5 Å². The Kier molecular flexibility index (Phi) is 4.32. The minimum Gasteiger partial charge on any atom is -0.302 e. The molecule has 1 saturated heterocycles. The van der Waals surface area contributed by atoms with Crippen molar-refractivity contribution in [2.45, 2.75) is 23.7 Å². The molecule has 1 fully saturated rings. The zero-order chi connectivity index (χ0) is 12.4. The quantitative estimate of drug-likeness (QED) is 0.773. The number of alkyl halides is 1. The smallest absolute Gasteiger partial charge is 0.0108 e. The molecular formula is C15H20BrNS. The molecule has 2 unspecified atom stereocenters. The average Bonchev–Trinajstić information content (AvgIpc) is 2.83. The van der Waals surface area contributed by atoms with Crippen LogP contribution < -0.4 is 0 Å². The third-order valence-corrected chi connectivity index (χ3v) is 6.27. The lowest BCUT2D eigenvalue weighted by Gasteiger charge is -2.33. The third-order valence-electron chi connectivity index (χ3n) is 4.10. The van der Waals surface area contributed by atoms with Gasteiger partial charge in [0.1, 0.15) is 0 Å². The Morgan fingerprint density at radius 1 is 1.33 bits per heavy atom. The summed E-state index contributed by atoms with van der Waals surface area (Å²) in [6.45, 7) is 3.84. The van der Waals surface area contributed by atoms with Crippen molar-refractivity contribution in [2.24, 2.45) is 5.92 Å². The summed E-state index contributed by atoms with van der Waals surface area (Å²) in [5.74, 6) is 2.89. The minimum atomic E-state index is 0.750. The number of hydrogen-bond donors (Lipinski definition) is 0. The van der Waals surface area contributed by atoms with Crippen molar-refractivity contribution >= 4 is 27.7 Å². The number of thioether (sulfide) groups is 1. The molecule has 1 nitrogen and oxygen atoms in total. The maximum absolute atomic E-state index is 3.65. The summed E-state index contributed by atoms with van der Waals surface area (Å²) in [7, 11) is 0. The molecule has 0 amide bonds. The summed E-state index contributed by atoms with van der Waals surface area (Å²) >= 11 is 5.68. The zero-order valence-corrected chi connectivity index (χ0v) is 13.0. The van der Waals surface area contributed by atoms with Crippen LogP contribution in [0, 0.1) is 5.92 Å². The molecule has 2 heterocycles. The predicted molar refractivity (Wildman–Crippen MR) is 82.9 cm³/mol. The number of rotatable bonds is 3. The summed E-state index contributed by atoms with van der Waals surface area (Å²) in [6.07, 6.45) is 2.77. The van der Waals surface area contributed by atoms with Crippen molar-refractivity contribution in [3.05, 3.63) is 29.8 Å². The number of piperidine rings is 1. The van der Waals surface area contributed by atoms with Crippen LogP contribution in [0.25, 0.3) is 0 Å². The Labute approximate surface area is 122 Å². The molecule has 0 aromatic heterocycles. The van der Waals surface area contributed by atoms with Gasteiger partial charge in [0.2, 0.25) is 0 Å². The van der Waals surface area contributed by atoms with Crippen LogP contribution in [0.1, 0.15) is 24.3 Å². The fraction of sp³-hybridized carbons (Fsp3) is 0.600. The molecule has 1 aromatic carbocycles. The third kappa shape index (κ3) is 2.78. The first-order chi connectivity index (χ1) is 8.86. The fourth-order valence-electron chi connectivity index (χ4n) is 3.14. The summed E-state index contributed by atoms with van der Waals surface area (Å²) in [4.78, 5) is 4.19. The summed E-state index contributed by atoms with van der Waals surface area (Å²) in [5, 5.41) is 1.17. The van der Waals surface area contributed by atoms with Gasteiger partial charge in [-0.2, -0.15) is 0 Å². The van der Waals surface area contributed by atoms with Crippen molar-refractivity contribution in [2.75, 3.05) is 30.7 Å². The second-order valence-electron chi connectivity index (χ2n) is 5.47. The van der Waals surface area contributed by atoms with Crippen LogP contribution >= 0.6 is 27.7 Å². The number of nitrogens with zero attached hydrogens (tertiary/aromatic N) is 1. The van der Waals surface area contributed by atoms with Crippen LogP contribution in [-0.2, 0) is 0 Å². The molecule has 1 aromatic rings. The molecule has 0 bridgehead atoms. The maximum Gasteiger partial charge on any atom is 0.0108 e. The van der Waals surface area contributed by atoms with Crippen LogP contribution in [0.2, 0.25) is 0 Å². The monoisotopic (exact) mass is 325 g/mol. The van der Waals surface area contributed by atoms with E-state index in [2.05, 4.69) is 45.1 Å². The van der Waals surface area contributed by atoms with Crippen molar-refractivity contribution in [1.82, 2.24) is 4.90 Å². The molecule has 2 aliphatic heterocycles. The molecule has 3 heteroatoms. The van der Waals surface area contributed by atoms with Crippen LogP contribution in [0.15, 0.2) is 29.2 Å². The lowest BCUT2D eigenvalue weighted by atomic mass is 9.96. The maximum atomic E-state index is 3.65. The molecule has 0 saturated carbocycles. The van der Waals surface area contributed by atoms with Gasteiger partial charge >= 0.3 is 0 Å². The number of fused-ring (bicyclic) bond motifs is 1. The average molecular weight is 326 g/mol. The largest absolute Gasteiger partial charge is 0.302 e. The molecule has 18 heavy (non-hydrogen) atoms. The molecule has 0 aliphatic carbocycles. The highest BCUT2D eigenvalue weighted by Crippen LogP contribution is 2.40. The Morgan fingerprint density at radius 2 is 2.22 bits per heavy atom. The first-order valence-corrected chi connectivity index (χ1v) is 8.97. The Hall–Kier alpha value is 0.0100. The molecule has 2 atom stereocenters. The van der Waals surface area contributed by atoms with Crippen molar-refractivity contribution in [1.29, 1.82) is 0 Å². The topological polar surface area (TPSA) is 3.24 Å². The van der Waals surface area contributed by atoms with E-state index in [9.17, 15) is 0 Å². The van der Waals surface area contributed by atoms with Crippen LogP contribution in [0.4, 0.5) is 0 Å². The number of benzene rings is 1. The van der Waals surface area contributed by atoms with E-state index in [-0.39, 0.29) is 0 Å². The number of hydrogen-bond acceptors (Lipinski definition) is 2. The molecule has 0 spiro atoms. The van der Waals surface area contributed by atoms with E-state index < -0.39 is 0 Å². The fourth-order valence-corrected chi connectivity index (χ4v) is 4.91. The highest BCUT2D eigenvalue weighted by atomic mass is 79.9. The van der Waals surface area contributed by atoms with Gasteiger partial charge in [0, 0.05) is 35.0 Å². The van der Waals surface area contributed by atoms with Crippen molar-refractivity contribution in [3.63, 3.8) is 0 Å². The highest BCUT2D eigenvalue weighted by Gasteiger charge is 2.27. The van der Waals surface area contributed by atoms with Gasteiger partial charge in [-0.25, -0.2) is 0 Å². The predicted octanol–water partition coefficient (Wildman–Crippen LogP) is 3.98. The van der Waals surface area contributed by atoms with Gasteiger partial charge in [0.15, 0.2) is 0 Å². The van der Waals surface area contributed by atoms with Gasteiger partial charge in [0.05, 0.1) is 0 Å². The van der Waals surface area contributed by atoms with Crippen LogP contribution in [0.5, 0.6) is 0 Å². The summed E-state index contributed by atoms with van der Waals surface area (Å²) in [5.41, 5.74) is 1.59. The first kappa shape index (κ1) is 13.0. The number of likely N-dealkylation sites (tertiary alicyclic amines) is 1. The Bertz CT molecular complexity index is 409. The Morgan fingerprint density at radius 3 is 3.11 bits per heavy atom. The standard InChI is InChI=1S/C15H20BrNS/c16-8-12-4-3-7-17(9-12)10-13-11-18-15-6-2-1-5-14(13)15/h1-2,5-6,12-13H,3-4,7-11H2. The highest BCUT2D eigenvalue weighted by molar-refractivity contribution is 9.09. The molecule has 0 N–H and O–H groups in total. The van der Waals surface area contributed by atoms with E-state index in [0.717, 1.165) is 11.8 Å². The van der Waals surface area contributed by atoms with Gasteiger partial charge < -0.3 is 4.90 Å². The summed E-state index contributed by atoms with van der Waals surface area (Å²) in [6, 6.07) is 8.95. The van der Waals surface area contributed by atoms with E-state index >= 15 is 0 Å². The normalized spacial score (nSPS) is 28.3. The molecule has 0 radical (unpaired) electrons. The van der Waals surface area contributed by atoms with Gasteiger partial charge in [-0.05, 0) is 36.9 Å². The van der Waals surface area contributed by atoms with Crippen LogP contribution in [-0.4, -0.2) is 35.6 Å². The van der Waals surface area contributed by atoms with Crippen molar-refractivity contribution < 1.29 is 0 Å². The minimum absolute atomic E-state index is 0.750. The van der Waals surface area contributed by atoms with E-state index in [1.54, 1.807) is 5.56 Å². The van der Waals surface area contributed by atoms with Gasteiger partial charge in [0.25, 0.3) is 0 Å². The SMILES string of the molecule is BrCC1CCCN(CC2CSc3ccccc32)C1. The second kappa shape index (κ2) is 5.98. The van der Waals surface area contributed by atoms with E-state index in [4.69, 9.17) is 0 Å². The van der Waals surface area contributed by atoms with Crippen molar-refractivity contribution in [3.8, 4) is 0 Å². The number of halogens is 1. The first-order valence-electron chi connectivity index (χ1n) is 6.87. The molecule has 2 aliphatic rings. The molecule has 98 valence electrons. The lowest BCUT2D eigenvalue weighted by molar-refractivity contribution is 0.180. The van der Waals surface area contributed by atoms with E-state index in [0.29, 0.717) is 0 Å². The van der Waals surface area contributed by atoms with E-state index in [1.807, 2.05) is 11.8 Å².